The molecule has 2 atom stereocenters. The number of carbonyl (C=O) groups is 1. The third-order valence-electron chi connectivity index (χ3n) is 4.01. The van der Waals surface area contributed by atoms with E-state index in [4.69, 9.17) is 5.73 Å². The maximum Gasteiger partial charge on any atom is 0.220 e. The number of amides is 1. The number of hydrogen-bond acceptors (Lipinski definition) is 2. The van der Waals surface area contributed by atoms with Crippen molar-refractivity contribution in [1.29, 1.82) is 0 Å². The van der Waals surface area contributed by atoms with Gasteiger partial charge in [-0.15, -0.1) is 0 Å². The minimum atomic E-state index is 0.214. The molecule has 1 aliphatic rings. The Morgan fingerprint density at radius 3 is 2.44 bits per heavy atom. The van der Waals surface area contributed by atoms with E-state index in [0.29, 0.717) is 24.3 Å². The van der Waals surface area contributed by atoms with Gasteiger partial charge in [0.05, 0.1) is 0 Å². The molecule has 0 radical (unpaired) electrons. The van der Waals surface area contributed by atoms with E-state index in [1.165, 1.54) is 12.8 Å². The molecule has 3 nitrogen and oxygen atoms in total. The maximum atomic E-state index is 11.8. The van der Waals surface area contributed by atoms with E-state index >= 15 is 0 Å². The Balaban J connectivity index is 2.17. The summed E-state index contributed by atoms with van der Waals surface area (Å²) in [5.41, 5.74) is 5.62. The third-order valence-corrected chi connectivity index (χ3v) is 4.01. The Morgan fingerprint density at radius 1 is 1.28 bits per heavy atom. The molecule has 0 saturated heterocycles. The van der Waals surface area contributed by atoms with E-state index in [0.717, 1.165) is 31.7 Å². The molecule has 1 amide bonds. The molecule has 0 bridgehead atoms. The van der Waals surface area contributed by atoms with Crippen LogP contribution in [0.15, 0.2) is 0 Å². The highest BCUT2D eigenvalue weighted by Gasteiger charge is 2.24. The predicted octanol–water partition coefficient (Wildman–Crippen LogP) is 2.69. The summed E-state index contributed by atoms with van der Waals surface area (Å²) in [6, 6.07) is 0.344. The van der Waals surface area contributed by atoms with Gasteiger partial charge in [0.2, 0.25) is 5.91 Å². The SMILES string of the molecule is CC(CC1CC1)NC(=O)CCC(CCN)C(C)C. The monoisotopic (exact) mass is 254 g/mol. The van der Waals surface area contributed by atoms with Crippen LogP contribution in [0.2, 0.25) is 0 Å². The maximum absolute atomic E-state index is 11.8. The van der Waals surface area contributed by atoms with Gasteiger partial charge in [0, 0.05) is 12.5 Å². The lowest BCUT2D eigenvalue weighted by Gasteiger charge is -2.20. The Hall–Kier alpha value is -0.570. The average molecular weight is 254 g/mol. The average Bonchev–Trinajstić information content (AvgIpc) is 3.07. The van der Waals surface area contributed by atoms with Crippen molar-refractivity contribution in [2.45, 2.75) is 65.3 Å². The van der Waals surface area contributed by atoms with Crippen molar-refractivity contribution in [2.24, 2.45) is 23.5 Å². The molecule has 1 saturated carbocycles. The van der Waals surface area contributed by atoms with Crippen molar-refractivity contribution in [3.63, 3.8) is 0 Å². The first-order chi connectivity index (χ1) is 8.52. The van der Waals surface area contributed by atoms with E-state index in [1.54, 1.807) is 0 Å². The van der Waals surface area contributed by atoms with Gasteiger partial charge in [0.15, 0.2) is 0 Å². The second-order valence-electron chi connectivity index (χ2n) is 6.27. The number of nitrogens with one attached hydrogen (secondary N) is 1. The van der Waals surface area contributed by atoms with Crippen LogP contribution in [-0.2, 0) is 4.79 Å². The van der Waals surface area contributed by atoms with Gasteiger partial charge in [0.25, 0.3) is 0 Å². The highest BCUT2D eigenvalue weighted by molar-refractivity contribution is 5.76. The van der Waals surface area contributed by atoms with Gasteiger partial charge in [-0.3, -0.25) is 4.79 Å². The predicted molar refractivity (Wildman–Crippen MR) is 76.2 cm³/mol. The lowest BCUT2D eigenvalue weighted by Crippen LogP contribution is -2.33. The summed E-state index contributed by atoms with van der Waals surface area (Å²) in [5, 5.41) is 3.12. The Labute approximate surface area is 112 Å². The van der Waals surface area contributed by atoms with Gasteiger partial charge in [0.1, 0.15) is 0 Å². The summed E-state index contributed by atoms with van der Waals surface area (Å²) < 4.78 is 0. The standard InChI is InChI=1S/C15H30N2O/c1-11(2)14(8-9-16)6-7-15(18)17-12(3)10-13-4-5-13/h11-14H,4-10,16H2,1-3H3,(H,17,18). The first-order valence-electron chi connectivity index (χ1n) is 7.52. The minimum Gasteiger partial charge on any atom is -0.354 e. The van der Waals surface area contributed by atoms with Crippen LogP contribution in [0, 0.1) is 17.8 Å². The fraction of sp³-hybridized carbons (Fsp3) is 0.933. The summed E-state index contributed by atoms with van der Waals surface area (Å²) in [6.45, 7) is 7.28. The van der Waals surface area contributed by atoms with E-state index in [1.807, 2.05) is 0 Å². The van der Waals surface area contributed by atoms with Gasteiger partial charge in [-0.05, 0) is 50.5 Å². The zero-order valence-corrected chi connectivity index (χ0v) is 12.2. The molecule has 0 heterocycles. The van der Waals surface area contributed by atoms with Crippen LogP contribution in [0.4, 0.5) is 0 Å². The molecule has 1 fully saturated rings. The summed E-state index contributed by atoms with van der Waals surface area (Å²) in [6.07, 6.45) is 6.51. The van der Waals surface area contributed by atoms with Gasteiger partial charge < -0.3 is 11.1 Å². The third kappa shape index (κ3) is 6.39. The molecule has 1 rings (SSSR count). The summed E-state index contributed by atoms with van der Waals surface area (Å²) >= 11 is 0. The molecule has 106 valence electrons. The van der Waals surface area contributed by atoms with Crippen molar-refractivity contribution in [3.05, 3.63) is 0 Å². The van der Waals surface area contributed by atoms with E-state index in [9.17, 15) is 4.79 Å². The molecule has 3 N–H and O–H groups in total. The molecule has 2 unspecified atom stereocenters. The Morgan fingerprint density at radius 2 is 1.94 bits per heavy atom. The molecule has 18 heavy (non-hydrogen) atoms. The van der Waals surface area contributed by atoms with E-state index in [-0.39, 0.29) is 5.91 Å². The first-order valence-corrected chi connectivity index (χ1v) is 7.52. The topological polar surface area (TPSA) is 55.1 Å². The Bertz CT molecular complexity index is 249. The summed E-state index contributed by atoms with van der Waals surface area (Å²) in [4.78, 5) is 11.8. The van der Waals surface area contributed by atoms with Crippen molar-refractivity contribution < 1.29 is 4.79 Å². The largest absolute Gasteiger partial charge is 0.354 e. The highest BCUT2D eigenvalue weighted by atomic mass is 16.1. The summed E-state index contributed by atoms with van der Waals surface area (Å²) in [5.74, 6) is 2.29. The van der Waals surface area contributed by atoms with E-state index in [2.05, 4.69) is 26.1 Å². The van der Waals surface area contributed by atoms with Crippen LogP contribution < -0.4 is 11.1 Å². The second kappa shape index (κ2) is 7.78. The van der Waals surface area contributed by atoms with Crippen molar-refractivity contribution in [2.75, 3.05) is 6.54 Å². The second-order valence-corrected chi connectivity index (χ2v) is 6.27. The Kier molecular flexibility index (Phi) is 6.69. The normalized spacial score (nSPS) is 18.7. The number of rotatable bonds is 9. The van der Waals surface area contributed by atoms with Gasteiger partial charge in [-0.1, -0.05) is 26.7 Å². The summed E-state index contributed by atoms with van der Waals surface area (Å²) in [7, 11) is 0. The molecular weight excluding hydrogens is 224 g/mol. The minimum absolute atomic E-state index is 0.214. The number of hydrogen-bond donors (Lipinski definition) is 2. The van der Waals surface area contributed by atoms with Crippen LogP contribution in [0.1, 0.15) is 59.3 Å². The smallest absolute Gasteiger partial charge is 0.220 e. The van der Waals surface area contributed by atoms with Crippen molar-refractivity contribution in [1.82, 2.24) is 5.32 Å². The van der Waals surface area contributed by atoms with E-state index < -0.39 is 0 Å². The zero-order chi connectivity index (χ0) is 13.5. The van der Waals surface area contributed by atoms with Crippen LogP contribution in [0.25, 0.3) is 0 Å². The van der Waals surface area contributed by atoms with Crippen LogP contribution in [-0.4, -0.2) is 18.5 Å². The lowest BCUT2D eigenvalue weighted by atomic mass is 9.88. The first kappa shape index (κ1) is 15.5. The van der Waals surface area contributed by atoms with Crippen LogP contribution in [0.3, 0.4) is 0 Å². The van der Waals surface area contributed by atoms with Gasteiger partial charge in [-0.2, -0.15) is 0 Å². The molecule has 0 aliphatic heterocycles. The van der Waals surface area contributed by atoms with Gasteiger partial charge in [-0.25, -0.2) is 0 Å². The van der Waals surface area contributed by atoms with Gasteiger partial charge >= 0.3 is 0 Å². The molecule has 1 aliphatic carbocycles. The van der Waals surface area contributed by atoms with Crippen LogP contribution in [0.5, 0.6) is 0 Å². The molecular formula is C15H30N2O. The zero-order valence-electron chi connectivity index (χ0n) is 12.2. The molecule has 0 spiro atoms. The number of nitrogens with two attached hydrogens (primary N) is 1. The molecule has 3 heteroatoms. The van der Waals surface area contributed by atoms with Crippen molar-refractivity contribution >= 4 is 5.91 Å². The fourth-order valence-electron chi connectivity index (χ4n) is 2.60. The van der Waals surface area contributed by atoms with Crippen molar-refractivity contribution in [3.8, 4) is 0 Å². The molecule has 0 aromatic heterocycles. The quantitative estimate of drug-likeness (QED) is 0.664. The molecule has 0 aromatic rings. The number of carbonyl (C=O) groups excluding carboxylic acids is 1. The molecule has 0 aromatic carbocycles. The fourth-order valence-corrected chi connectivity index (χ4v) is 2.60. The van der Waals surface area contributed by atoms with Crippen LogP contribution >= 0.6 is 0 Å². The highest BCUT2D eigenvalue weighted by Crippen LogP contribution is 2.33. The lowest BCUT2D eigenvalue weighted by molar-refractivity contribution is -0.122.